The third kappa shape index (κ3) is 0.541. The Balaban J connectivity index is 1.86. The topological polar surface area (TPSA) is 12.5 Å². The first-order chi connectivity index (χ1) is 4.38. The second-order valence-electron chi connectivity index (χ2n) is 3.40. The third-order valence-corrected chi connectivity index (χ3v) is 4.21. The minimum absolute atomic E-state index is 0.674. The molecular formula is C7H9BrO. The highest BCUT2D eigenvalue weighted by atomic mass is 79.9. The van der Waals surface area contributed by atoms with Crippen LogP contribution in [0.3, 0.4) is 0 Å². The smallest absolute Gasteiger partial charge is 0.0883 e. The molecule has 1 nitrogen and oxygen atoms in total. The van der Waals surface area contributed by atoms with Gasteiger partial charge in [0.25, 0.3) is 0 Å². The lowest BCUT2D eigenvalue weighted by atomic mass is 10.0. The molecule has 0 spiro atoms. The van der Waals surface area contributed by atoms with Gasteiger partial charge in [0.1, 0.15) is 0 Å². The lowest BCUT2D eigenvalue weighted by Gasteiger charge is -1.99. The molecule has 2 aliphatic carbocycles. The first-order valence-corrected chi connectivity index (χ1v) is 4.59. The van der Waals surface area contributed by atoms with Crippen LogP contribution < -0.4 is 0 Å². The Morgan fingerprint density at radius 3 is 3.00 bits per heavy atom. The zero-order valence-electron chi connectivity index (χ0n) is 5.09. The van der Waals surface area contributed by atoms with Crippen molar-refractivity contribution >= 4 is 15.9 Å². The fourth-order valence-corrected chi connectivity index (χ4v) is 3.35. The molecule has 3 aliphatic rings. The minimum Gasteiger partial charge on any atom is -0.369 e. The summed E-state index contributed by atoms with van der Waals surface area (Å²) < 4.78 is 5.47. The summed E-state index contributed by atoms with van der Waals surface area (Å²) in [5, 5.41) is 0. The van der Waals surface area contributed by atoms with Gasteiger partial charge in [-0.05, 0) is 18.8 Å². The van der Waals surface area contributed by atoms with Crippen molar-refractivity contribution in [1.82, 2.24) is 0 Å². The Kier molecular flexibility index (Phi) is 0.784. The standard InChI is InChI=1S/C7H9BrO/c8-6-3-1-2-4-7(9-4)5(3)6/h3-7H,1-2H2/t3-,4+,5-,6+,7-/m1/s1. The molecule has 2 saturated carbocycles. The summed E-state index contributed by atoms with van der Waals surface area (Å²) >= 11 is 3.66. The van der Waals surface area contributed by atoms with Gasteiger partial charge >= 0.3 is 0 Å². The molecule has 3 rings (SSSR count). The molecule has 0 aromatic carbocycles. The SMILES string of the molecule is Br[C@H]1[C@@H]2CC[C@@H]3O[C@H]3[C@@H]12. The zero-order chi connectivity index (χ0) is 6.01. The lowest BCUT2D eigenvalue weighted by molar-refractivity contribution is 0.361. The summed E-state index contributed by atoms with van der Waals surface area (Å²) in [7, 11) is 0. The van der Waals surface area contributed by atoms with E-state index in [4.69, 9.17) is 4.74 Å². The van der Waals surface area contributed by atoms with Gasteiger partial charge < -0.3 is 4.74 Å². The van der Waals surface area contributed by atoms with Gasteiger partial charge in [-0.25, -0.2) is 0 Å². The molecular weight excluding hydrogens is 180 g/mol. The van der Waals surface area contributed by atoms with E-state index in [9.17, 15) is 0 Å². The van der Waals surface area contributed by atoms with Crippen LogP contribution in [0.15, 0.2) is 0 Å². The predicted octanol–water partition coefficient (Wildman–Crippen LogP) is 1.56. The number of alkyl halides is 1. The molecule has 0 radical (unpaired) electrons. The third-order valence-electron chi connectivity index (χ3n) is 2.92. The van der Waals surface area contributed by atoms with Crippen LogP contribution >= 0.6 is 15.9 Å². The van der Waals surface area contributed by atoms with Gasteiger partial charge in [-0.1, -0.05) is 15.9 Å². The van der Waals surface area contributed by atoms with E-state index in [0.717, 1.165) is 16.7 Å². The molecule has 0 N–H and O–H groups in total. The van der Waals surface area contributed by atoms with Crippen molar-refractivity contribution < 1.29 is 4.74 Å². The molecule has 0 aromatic heterocycles. The molecule has 1 aliphatic heterocycles. The molecule has 0 amide bonds. The Bertz CT molecular complexity index is 157. The van der Waals surface area contributed by atoms with Gasteiger partial charge in [0.2, 0.25) is 0 Å². The van der Waals surface area contributed by atoms with Crippen molar-refractivity contribution in [2.75, 3.05) is 0 Å². The van der Waals surface area contributed by atoms with E-state index in [0.29, 0.717) is 12.2 Å². The average molecular weight is 189 g/mol. The maximum atomic E-state index is 5.47. The number of fused-ring (bicyclic) bond motifs is 3. The number of rotatable bonds is 0. The van der Waals surface area contributed by atoms with Crippen LogP contribution in [0.5, 0.6) is 0 Å². The zero-order valence-corrected chi connectivity index (χ0v) is 6.67. The monoisotopic (exact) mass is 188 g/mol. The average Bonchev–Trinajstić information content (AvgIpc) is 2.64. The van der Waals surface area contributed by atoms with E-state index in [1.54, 1.807) is 0 Å². The lowest BCUT2D eigenvalue weighted by Crippen LogP contribution is -2.04. The summed E-state index contributed by atoms with van der Waals surface area (Å²) in [6, 6.07) is 0. The van der Waals surface area contributed by atoms with Gasteiger partial charge in [-0.2, -0.15) is 0 Å². The molecule has 0 aromatic rings. The predicted molar refractivity (Wildman–Crippen MR) is 37.6 cm³/mol. The molecule has 50 valence electrons. The summed E-state index contributed by atoms with van der Waals surface area (Å²) in [6.45, 7) is 0. The van der Waals surface area contributed by atoms with Crippen LogP contribution in [0.2, 0.25) is 0 Å². The van der Waals surface area contributed by atoms with Crippen molar-refractivity contribution in [1.29, 1.82) is 0 Å². The first kappa shape index (κ1) is 5.14. The van der Waals surface area contributed by atoms with Crippen LogP contribution in [0, 0.1) is 11.8 Å². The van der Waals surface area contributed by atoms with Crippen LogP contribution in [-0.2, 0) is 4.74 Å². The van der Waals surface area contributed by atoms with Crippen molar-refractivity contribution in [2.24, 2.45) is 11.8 Å². The molecule has 0 unspecified atom stereocenters. The summed E-state index contributed by atoms with van der Waals surface area (Å²) in [6.07, 6.45) is 4.08. The number of hydrogen-bond acceptors (Lipinski definition) is 1. The molecule has 5 atom stereocenters. The van der Waals surface area contributed by atoms with Crippen LogP contribution in [0.1, 0.15) is 12.8 Å². The normalized spacial score (nSPS) is 68.3. The van der Waals surface area contributed by atoms with Crippen molar-refractivity contribution in [3.63, 3.8) is 0 Å². The van der Waals surface area contributed by atoms with Crippen molar-refractivity contribution in [3.8, 4) is 0 Å². The second kappa shape index (κ2) is 1.37. The number of ether oxygens (including phenoxy) is 1. The highest BCUT2D eigenvalue weighted by molar-refractivity contribution is 9.09. The summed E-state index contributed by atoms with van der Waals surface area (Å²) in [5.74, 6) is 1.89. The van der Waals surface area contributed by atoms with E-state index >= 15 is 0 Å². The fraction of sp³-hybridized carbons (Fsp3) is 1.00. The van der Waals surface area contributed by atoms with Crippen molar-refractivity contribution in [2.45, 2.75) is 29.9 Å². The molecule has 9 heavy (non-hydrogen) atoms. The van der Waals surface area contributed by atoms with E-state index in [2.05, 4.69) is 15.9 Å². The first-order valence-electron chi connectivity index (χ1n) is 3.67. The largest absolute Gasteiger partial charge is 0.369 e. The number of halogens is 1. The Morgan fingerprint density at radius 2 is 2.22 bits per heavy atom. The number of hydrogen-bond donors (Lipinski definition) is 0. The quantitative estimate of drug-likeness (QED) is 0.416. The molecule has 0 bridgehead atoms. The maximum absolute atomic E-state index is 5.47. The van der Waals surface area contributed by atoms with Gasteiger partial charge in [0.05, 0.1) is 12.2 Å². The Hall–Kier alpha value is 0.440. The molecule has 1 heterocycles. The van der Waals surface area contributed by atoms with Gasteiger partial charge in [0.15, 0.2) is 0 Å². The van der Waals surface area contributed by atoms with Crippen LogP contribution in [0.25, 0.3) is 0 Å². The van der Waals surface area contributed by atoms with Gasteiger partial charge in [-0.3, -0.25) is 0 Å². The summed E-state index contributed by atoms with van der Waals surface area (Å²) in [5.41, 5.74) is 0. The number of epoxide rings is 1. The Morgan fingerprint density at radius 1 is 1.33 bits per heavy atom. The van der Waals surface area contributed by atoms with Crippen LogP contribution in [0.4, 0.5) is 0 Å². The highest BCUT2D eigenvalue weighted by Crippen LogP contribution is 2.60. The molecule has 3 fully saturated rings. The van der Waals surface area contributed by atoms with E-state index in [-0.39, 0.29) is 0 Å². The fourth-order valence-electron chi connectivity index (χ4n) is 2.22. The van der Waals surface area contributed by atoms with Crippen molar-refractivity contribution in [3.05, 3.63) is 0 Å². The maximum Gasteiger partial charge on any atom is 0.0883 e. The van der Waals surface area contributed by atoms with E-state index in [1.165, 1.54) is 12.8 Å². The highest BCUT2D eigenvalue weighted by Gasteiger charge is 2.64. The second-order valence-corrected chi connectivity index (χ2v) is 4.46. The minimum atomic E-state index is 0.674. The van der Waals surface area contributed by atoms with E-state index < -0.39 is 0 Å². The molecule has 2 heteroatoms. The Labute approximate surface area is 62.9 Å². The van der Waals surface area contributed by atoms with Gasteiger partial charge in [0, 0.05) is 10.7 Å². The van der Waals surface area contributed by atoms with Gasteiger partial charge in [-0.15, -0.1) is 0 Å². The van der Waals surface area contributed by atoms with Crippen LogP contribution in [-0.4, -0.2) is 17.0 Å². The van der Waals surface area contributed by atoms with E-state index in [1.807, 2.05) is 0 Å². The summed E-state index contributed by atoms with van der Waals surface area (Å²) in [4.78, 5) is 0.815. The molecule has 1 saturated heterocycles.